The van der Waals surface area contributed by atoms with Crippen molar-refractivity contribution in [3.63, 3.8) is 0 Å². The van der Waals surface area contributed by atoms with Gasteiger partial charge in [-0.3, -0.25) is 19.4 Å². The summed E-state index contributed by atoms with van der Waals surface area (Å²) < 4.78 is 0. The van der Waals surface area contributed by atoms with Crippen molar-refractivity contribution in [1.82, 2.24) is 19.6 Å². The highest BCUT2D eigenvalue weighted by Gasteiger charge is 2.44. The van der Waals surface area contributed by atoms with E-state index in [0.717, 1.165) is 11.1 Å². The Morgan fingerprint density at radius 2 is 1.00 bits per heavy atom. The number of thiocarbonyl (C=S) groups is 2. The average Bonchev–Trinajstić information content (AvgIpc) is 3.12. The number of benzene rings is 2. The van der Waals surface area contributed by atoms with Crippen LogP contribution in [0.5, 0.6) is 0 Å². The zero-order chi connectivity index (χ0) is 21.4. The minimum absolute atomic E-state index is 0.0528. The summed E-state index contributed by atoms with van der Waals surface area (Å²) in [5.74, 6) is -0.106. The van der Waals surface area contributed by atoms with Crippen LogP contribution in [-0.4, -0.2) is 68.8 Å². The van der Waals surface area contributed by atoms with Crippen LogP contribution >= 0.6 is 24.4 Å². The predicted octanol–water partition coefficient (Wildman–Crippen LogP) is 2.59. The Morgan fingerprint density at radius 1 is 0.667 bits per heavy atom. The van der Waals surface area contributed by atoms with Crippen LogP contribution in [0.1, 0.15) is 23.2 Å². The number of carbonyl (C=O) groups is 2. The van der Waals surface area contributed by atoms with E-state index in [2.05, 4.69) is 0 Å². The van der Waals surface area contributed by atoms with Gasteiger partial charge in [0.1, 0.15) is 12.1 Å². The largest absolute Gasteiger partial charge is 0.331 e. The molecule has 6 nitrogen and oxygen atoms in total. The van der Waals surface area contributed by atoms with Crippen molar-refractivity contribution in [1.29, 1.82) is 0 Å². The SMILES string of the molecule is CN1C(=O)C(c2ccccc2)N(CCN2C(=S)N(C)C(=O)C2c2ccccc2)C1=S. The van der Waals surface area contributed by atoms with E-state index in [1.54, 1.807) is 14.1 Å². The van der Waals surface area contributed by atoms with E-state index in [1.165, 1.54) is 9.80 Å². The number of hydrogen-bond donors (Lipinski definition) is 0. The highest BCUT2D eigenvalue weighted by atomic mass is 32.1. The Hall–Kier alpha value is -2.84. The second-order valence-electron chi connectivity index (χ2n) is 7.37. The lowest BCUT2D eigenvalue weighted by atomic mass is 10.1. The van der Waals surface area contributed by atoms with Gasteiger partial charge in [-0.1, -0.05) is 60.7 Å². The van der Waals surface area contributed by atoms with Crippen LogP contribution in [0.2, 0.25) is 0 Å². The minimum Gasteiger partial charge on any atom is -0.331 e. The summed E-state index contributed by atoms with van der Waals surface area (Å²) in [5.41, 5.74) is 1.79. The third-order valence-corrected chi connectivity index (χ3v) is 6.65. The van der Waals surface area contributed by atoms with Gasteiger partial charge in [0, 0.05) is 27.2 Å². The molecular formula is C22H22N4O2S2. The third kappa shape index (κ3) is 3.36. The van der Waals surface area contributed by atoms with Gasteiger partial charge < -0.3 is 9.80 Å². The zero-order valence-electron chi connectivity index (χ0n) is 16.8. The van der Waals surface area contributed by atoms with E-state index in [9.17, 15) is 9.59 Å². The summed E-state index contributed by atoms with van der Waals surface area (Å²) in [4.78, 5) is 32.6. The molecule has 2 aliphatic rings. The van der Waals surface area contributed by atoms with Crippen LogP contribution in [0, 0.1) is 0 Å². The van der Waals surface area contributed by atoms with Crippen molar-refractivity contribution in [3.05, 3.63) is 71.8 Å². The van der Waals surface area contributed by atoms with Crippen LogP contribution in [0.15, 0.2) is 60.7 Å². The van der Waals surface area contributed by atoms with E-state index < -0.39 is 12.1 Å². The van der Waals surface area contributed by atoms with Gasteiger partial charge in [0.05, 0.1) is 0 Å². The molecule has 154 valence electrons. The monoisotopic (exact) mass is 438 g/mol. The van der Waals surface area contributed by atoms with Crippen LogP contribution in [0.4, 0.5) is 0 Å². The minimum atomic E-state index is -0.469. The third-order valence-electron chi connectivity index (χ3n) is 5.63. The second-order valence-corrected chi connectivity index (χ2v) is 8.10. The van der Waals surface area contributed by atoms with Gasteiger partial charge >= 0.3 is 0 Å². The molecule has 2 saturated heterocycles. The molecule has 2 heterocycles. The molecule has 0 aliphatic carbocycles. The number of amides is 2. The van der Waals surface area contributed by atoms with Crippen molar-refractivity contribution in [2.45, 2.75) is 12.1 Å². The maximum Gasteiger partial charge on any atom is 0.255 e. The first-order chi connectivity index (χ1) is 14.4. The van der Waals surface area contributed by atoms with Gasteiger partial charge in [-0.25, -0.2) is 0 Å². The van der Waals surface area contributed by atoms with Crippen molar-refractivity contribution in [2.24, 2.45) is 0 Å². The molecule has 8 heteroatoms. The van der Waals surface area contributed by atoms with Gasteiger partial charge in [-0.15, -0.1) is 0 Å². The molecule has 0 N–H and O–H groups in total. The quantitative estimate of drug-likeness (QED) is 0.669. The summed E-state index contributed by atoms with van der Waals surface area (Å²) in [6, 6.07) is 18.3. The molecule has 0 aromatic heterocycles. The molecule has 2 aliphatic heterocycles. The standard InChI is InChI=1S/C22H22N4O2S2/c1-23-19(27)17(15-9-5-3-6-10-15)25(21(23)29)13-14-26-18(16-11-7-4-8-12-16)20(28)24(2)22(26)30/h3-12,17-18H,13-14H2,1-2H3. The van der Waals surface area contributed by atoms with Crippen LogP contribution < -0.4 is 0 Å². The number of carbonyl (C=O) groups excluding carboxylic acids is 2. The summed E-state index contributed by atoms with van der Waals surface area (Å²) in [5, 5.41) is 0.963. The summed E-state index contributed by atoms with van der Waals surface area (Å²) in [7, 11) is 3.40. The maximum absolute atomic E-state index is 12.9. The molecule has 0 radical (unpaired) electrons. The normalized spacial score (nSPS) is 21.9. The molecule has 2 unspecified atom stereocenters. The van der Waals surface area contributed by atoms with Crippen LogP contribution in [0.3, 0.4) is 0 Å². The number of nitrogens with zero attached hydrogens (tertiary/aromatic N) is 4. The number of likely N-dealkylation sites (N-methyl/N-ethyl adjacent to an activating group) is 2. The highest BCUT2D eigenvalue weighted by molar-refractivity contribution is 7.80. The Labute approximate surface area is 186 Å². The van der Waals surface area contributed by atoms with E-state index >= 15 is 0 Å². The van der Waals surface area contributed by atoms with Crippen molar-refractivity contribution in [2.75, 3.05) is 27.2 Å². The molecule has 0 spiro atoms. The predicted molar refractivity (Wildman–Crippen MR) is 123 cm³/mol. The summed E-state index contributed by atoms with van der Waals surface area (Å²) in [6.07, 6.45) is 0. The van der Waals surface area contributed by atoms with Crippen LogP contribution in [0.25, 0.3) is 0 Å². The number of hydrogen-bond acceptors (Lipinski definition) is 4. The van der Waals surface area contributed by atoms with Gasteiger partial charge in [-0.05, 0) is 35.6 Å². The lowest BCUT2D eigenvalue weighted by Crippen LogP contribution is -2.40. The lowest BCUT2D eigenvalue weighted by molar-refractivity contribution is -0.128. The molecule has 2 amide bonds. The van der Waals surface area contributed by atoms with Gasteiger partial charge in [-0.2, -0.15) is 0 Å². The summed E-state index contributed by atoms with van der Waals surface area (Å²) in [6.45, 7) is 0.943. The maximum atomic E-state index is 12.9. The van der Waals surface area contributed by atoms with E-state index in [1.807, 2.05) is 70.5 Å². The smallest absolute Gasteiger partial charge is 0.255 e. The molecule has 0 saturated carbocycles. The number of rotatable bonds is 5. The zero-order valence-corrected chi connectivity index (χ0v) is 18.4. The van der Waals surface area contributed by atoms with E-state index in [-0.39, 0.29) is 11.8 Å². The van der Waals surface area contributed by atoms with Crippen molar-refractivity contribution < 1.29 is 9.59 Å². The fraction of sp³-hybridized carbons (Fsp3) is 0.273. The first-order valence-electron chi connectivity index (χ1n) is 9.68. The first kappa shape index (κ1) is 20.4. The fourth-order valence-corrected chi connectivity index (χ4v) is 4.58. The van der Waals surface area contributed by atoms with Crippen molar-refractivity contribution in [3.8, 4) is 0 Å². The molecule has 2 aromatic carbocycles. The highest BCUT2D eigenvalue weighted by Crippen LogP contribution is 2.33. The van der Waals surface area contributed by atoms with Crippen molar-refractivity contribution >= 4 is 46.5 Å². The molecule has 30 heavy (non-hydrogen) atoms. The second kappa shape index (κ2) is 8.12. The van der Waals surface area contributed by atoms with Gasteiger partial charge in [0.2, 0.25) is 0 Å². The fourth-order valence-electron chi connectivity index (χ4n) is 4.01. The molecule has 4 rings (SSSR count). The van der Waals surface area contributed by atoms with E-state index in [0.29, 0.717) is 23.3 Å². The topological polar surface area (TPSA) is 47.1 Å². The Bertz CT molecular complexity index is 917. The first-order valence-corrected chi connectivity index (χ1v) is 10.5. The Balaban J connectivity index is 1.60. The summed E-state index contributed by atoms with van der Waals surface area (Å²) >= 11 is 11.1. The molecule has 2 aromatic rings. The average molecular weight is 439 g/mol. The lowest BCUT2D eigenvalue weighted by Gasteiger charge is -2.29. The Morgan fingerprint density at radius 3 is 1.33 bits per heavy atom. The van der Waals surface area contributed by atoms with Crippen LogP contribution in [-0.2, 0) is 9.59 Å². The van der Waals surface area contributed by atoms with Gasteiger partial charge in [0.15, 0.2) is 10.2 Å². The Kier molecular flexibility index (Phi) is 5.53. The molecule has 2 atom stereocenters. The molecule has 0 bridgehead atoms. The van der Waals surface area contributed by atoms with Gasteiger partial charge in [0.25, 0.3) is 11.8 Å². The molecular weight excluding hydrogens is 416 g/mol. The van der Waals surface area contributed by atoms with E-state index in [4.69, 9.17) is 24.4 Å². The molecule has 2 fully saturated rings.